The smallest absolute Gasteiger partial charge is 0.175 e. The molecular weight excluding hydrogens is 585 g/mol. The molecule has 0 spiro atoms. The van der Waals surface area contributed by atoms with Crippen molar-refractivity contribution >= 4 is 10.0 Å². The van der Waals surface area contributed by atoms with E-state index in [0.717, 1.165) is 0 Å². The molecule has 0 saturated heterocycles. The molecule has 3 radical (unpaired) electrons. The van der Waals surface area contributed by atoms with E-state index in [1.165, 1.54) is 19.2 Å². The predicted molar refractivity (Wildman–Crippen MR) is 39.2 cm³/mol. The molecule has 1 rings (SSSR count). The van der Waals surface area contributed by atoms with E-state index < -0.39 is 10.0 Å². The van der Waals surface area contributed by atoms with E-state index in [2.05, 4.69) is 22.9 Å². The Morgan fingerprint density at radius 1 is 1.14 bits per heavy atom. The molecule has 0 aliphatic heterocycles. The van der Waals surface area contributed by atoms with E-state index in [9.17, 15) is 8.42 Å². The predicted octanol–water partition coefficient (Wildman–Crippen LogP) is -0.00473. The zero-order valence-electron chi connectivity index (χ0n) is 7.61. The topological polar surface area (TPSA) is 46.2 Å². The van der Waals surface area contributed by atoms with E-state index in [1.54, 1.807) is 0 Å². The number of benzene rings is 1. The summed E-state index contributed by atoms with van der Waals surface area (Å²) in [6.45, 7) is 0. The van der Waals surface area contributed by atoms with Crippen LogP contribution in [0.25, 0.3) is 0 Å². The summed E-state index contributed by atoms with van der Waals surface area (Å²) in [5.74, 6) is 0. The molecule has 0 aliphatic carbocycles. The summed E-state index contributed by atoms with van der Waals surface area (Å²) in [6.07, 6.45) is 0. The van der Waals surface area contributed by atoms with E-state index in [0.29, 0.717) is 0 Å². The maximum atomic E-state index is 11.0. The van der Waals surface area contributed by atoms with Crippen LogP contribution >= 0.6 is 0 Å². The van der Waals surface area contributed by atoms with Gasteiger partial charge < -0.3 is 30.3 Å². The summed E-state index contributed by atoms with van der Waals surface area (Å²) in [5.41, 5.74) is 0. The first-order chi connectivity index (χ1) is 5.17. The maximum absolute atomic E-state index is 11.0. The molecule has 0 aliphatic rings. The fraction of sp³-hybridized carbons (Fsp3) is 0.143. The zero-order chi connectivity index (χ0) is 8.32. The second kappa shape index (κ2) is 11.3. The summed E-state index contributed by atoms with van der Waals surface area (Å²) in [4.78, 5) is 0.0127. The third-order valence-electron chi connectivity index (χ3n) is 1.11. The van der Waals surface area contributed by atoms with Gasteiger partial charge in [0.05, 0.1) is 0 Å². The van der Waals surface area contributed by atoms with Crippen molar-refractivity contribution in [2.24, 2.45) is 0 Å². The minimum absolute atomic E-state index is 0. The fourth-order valence-electron chi connectivity index (χ4n) is 0.555. The first-order valence-corrected chi connectivity index (χ1v) is 4.38. The van der Waals surface area contributed by atoms with Crippen LogP contribution in [0.4, 0.5) is 0 Å². The molecule has 0 fully saturated rings. The maximum Gasteiger partial charge on any atom is 0.175 e. The summed E-state index contributed by atoms with van der Waals surface area (Å²) in [7, 11) is -2.04. The number of hydrogen-bond acceptors (Lipinski definition) is 2. The van der Waals surface area contributed by atoms with Gasteiger partial charge >= 0.3 is 0 Å². The Morgan fingerprint density at radius 3 is 1.93 bits per heavy atom. The van der Waals surface area contributed by atoms with Gasteiger partial charge in [-0.2, -0.15) is 0 Å². The molecule has 1 aromatic rings. The van der Waals surface area contributed by atoms with Gasteiger partial charge in [0.15, 0.2) is 10.0 Å². The summed E-state index contributed by atoms with van der Waals surface area (Å²) in [6, 6.07) is 10.4. The Balaban J connectivity index is -0.000000403. The van der Waals surface area contributed by atoms with Crippen molar-refractivity contribution in [1.29, 1.82) is 0 Å². The molecule has 3 nitrogen and oxygen atoms in total. The van der Waals surface area contributed by atoms with Crippen LogP contribution in [0.1, 0.15) is 0 Å². The molecule has 0 saturated carbocycles. The second-order valence-electron chi connectivity index (χ2n) is 1.78. The molecular formula is C7H6NO2Pr3S-3. The first kappa shape index (κ1) is 22.4. The van der Waals surface area contributed by atoms with Crippen molar-refractivity contribution in [3.05, 3.63) is 30.3 Å². The van der Waals surface area contributed by atoms with Gasteiger partial charge in [0.1, 0.15) is 0 Å². The van der Waals surface area contributed by atoms with Crippen LogP contribution in [-0.4, -0.2) is 15.5 Å². The third-order valence-corrected chi connectivity index (χ3v) is 2.42. The minimum atomic E-state index is -3.38. The van der Waals surface area contributed by atoms with Crippen LogP contribution in [-0.2, 0) is 10.0 Å². The van der Waals surface area contributed by atoms with Gasteiger partial charge in [-0.25, -0.2) is 13.1 Å². The Kier molecular flexibility index (Phi) is 18.1. The van der Waals surface area contributed by atoms with Crippen LogP contribution in [0.2, 0.25) is 0 Å². The molecule has 69 valence electrons. The van der Waals surface area contributed by atoms with Gasteiger partial charge in [-0.1, -0.05) is 0 Å². The normalized spacial score (nSPS) is 8.93. The van der Waals surface area contributed by atoms with Gasteiger partial charge in [0, 0.05) is 124 Å². The molecule has 0 bridgehead atoms. The third kappa shape index (κ3) is 7.53. The number of nitrogens with one attached hydrogen (secondary N) is 1. The number of hydrogen-bond donors (Lipinski definition) is 1. The number of sulfonamides is 1. The van der Waals surface area contributed by atoms with E-state index in [-0.39, 0.29) is 129 Å². The largest absolute Gasteiger partial charge is 0.545 e. The Labute approximate surface area is 184 Å². The van der Waals surface area contributed by atoms with E-state index in [1.807, 2.05) is 0 Å². The van der Waals surface area contributed by atoms with Crippen molar-refractivity contribution in [2.75, 3.05) is 7.05 Å². The molecule has 1 aromatic carbocycles. The standard InChI is InChI=1S/C7H6NO2S.3Pr/c1-8-11(9,10)7-5-3-2-4-6-7;;;/h3-4,8H,1H3;;;/q-3;;;. The summed E-state index contributed by atoms with van der Waals surface area (Å²) < 4.78 is 24.2. The summed E-state index contributed by atoms with van der Waals surface area (Å²) >= 11 is 0. The van der Waals surface area contributed by atoms with Gasteiger partial charge in [0.2, 0.25) is 0 Å². The van der Waals surface area contributed by atoms with Crippen molar-refractivity contribution in [3.8, 4) is 0 Å². The van der Waals surface area contributed by atoms with Crippen LogP contribution < -0.4 is 4.72 Å². The van der Waals surface area contributed by atoms with Crippen molar-refractivity contribution in [2.45, 2.75) is 4.90 Å². The molecule has 0 aromatic heterocycles. The Morgan fingerprint density at radius 2 is 1.57 bits per heavy atom. The SMILES string of the molecule is CNS(=O)(=O)c1[c-]c[c-]c[c-]1.[Pr].[Pr].[Pr]. The summed E-state index contributed by atoms with van der Waals surface area (Å²) in [5, 5.41) is 0. The Bertz CT molecular complexity index is 328. The van der Waals surface area contributed by atoms with Crippen LogP contribution in [0.5, 0.6) is 0 Å². The van der Waals surface area contributed by atoms with Gasteiger partial charge in [-0.15, -0.1) is 0 Å². The molecule has 0 heterocycles. The average molecular weight is 591 g/mol. The van der Waals surface area contributed by atoms with Crippen LogP contribution in [0, 0.1) is 142 Å². The first-order valence-electron chi connectivity index (χ1n) is 2.90. The van der Waals surface area contributed by atoms with Crippen molar-refractivity contribution in [3.63, 3.8) is 0 Å². The molecule has 14 heavy (non-hydrogen) atoms. The van der Waals surface area contributed by atoms with Gasteiger partial charge in [-0.05, 0) is 7.05 Å². The Hall–Kier alpha value is 3.22. The molecule has 0 unspecified atom stereocenters. The molecule has 0 atom stereocenters. The van der Waals surface area contributed by atoms with Gasteiger partial charge in [0.25, 0.3) is 0 Å². The fourth-order valence-corrected chi connectivity index (χ4v) is 1.19. The second-order valence-corrected chi connectivity index (χ2v) is 3.60. The molecule has 1 N–H and O–H groups in total. The van der Waals surface area contributed by atoms with Crippen molar-refractivity contribution < 1.29 is 132 Å². The molecule has 0 amide bonds. The number of rotatable bonds is 2. The van der Waals surface area contributed by atoms with Gasteiger partial charge in [-0.3, -0.25) is 4.90 Å². The van der Waals surface area contributed by atoms with Crippen LogP contribution in [0.3, 0.4) is 0 Å². The minimum Gasteiger partial charge on any atom is -0.545 e. The van der Waals surface area contributed by atoms with E-state index >= 15 is 0 Å². The van der Waals surface area contributed by atoms with Crippen LogP contribution in [0.15, 0.2) is 17.0 Å². The molecule has 7 heteroatoms. The average Bonchev–Trinajstić information content (AvgIpc) is 2.06. The van der Waals surface area contributed by atoms with E-state index in [4.69, 9.17) is 0 Å². The van der Waals surface area contributed by atoms with Crippen molar-refractivity contribution in [1.82, 2.24) is 4.72 Å². The quantitative estimate of drug-likeness (QED) is 0.493. The monoisotopic (exact) mass is 591 g/mol. The zero-order valence-corrected chi connectivity index (χ0v) is 19.5.